The third-order valence-electron chi connectivity index (χ3n) is 2.91. The van der Waals surface area contributed by atoms with Gasteiger partial charge in [0, 0.05) is 13.0 Å². The van der Waals surface area contributed by atoms with Gasteiger partial charge in [-0.3, -0.25) is 4.79 Å². The summed E-state index contributed by atoms with van der Waals surface area (Å²) in [5.41, 5.74) is 3.39. The molecule has 4 nitrogen and oxygen atoms in total. The van der Waals surface area contributed by atoms with Gasteiger partial charge in [0.15, 0.2) is 0 Å². The molecule has 0 fully saturated rings. The Morgan fingerprint density at radius 1 is 1.39 bits per heavy atom. The number of aryl methyl sites for hydroxylation is 1. The molecule has 0 saturated carbocycles. The summed E-state index contributed by atoms with van der Waals surface area (Å²) < 4.78 is 0. The number of H-pyrrole nitrogens is 1. The Morgan fingerprint density at radius 3 is 3.00 bits per heavy atom. The molecule has 0 radical (unpaired) electrons. The molecule has 1 aromatic heterocycles. The highest BCUT2D eigenvalue weighted by atomic mass is 16.1. The van der Waals surface area contributed by atoms with E-state index in [0.717, 1.165) is 36.4 Å². The van der Waals surface area contributed by atoms with E-state index >= 15 is 0 Å². The van der Waals surface area contributed by atoms with Crippen molar-refractivity contribution in [1.82, 2.24) is 15.3 Å². The van der Waals surface area contributed by atoms with Crippen LogP contribution in [0.25, 0.3) is 11.0 Å². The second-order valence-corrected chi connectivity index (χ2v) is 4.63. The number of benzene rings is 1. The van der Waals surface area contributed by atoms with Gasteiger partial charge in [0.2, 0.25) is 0 Å². The Kier molecular flexibility index (Phi) is 4.10. The molecule has 2 N–H and O–H groups in total. The van der Waals surface area contributed by atoms with Crippen LogP contribution in [0.1, 0.15) is 24.7 Å². The lowest BCUT2D eigenvalue weighted by molar-refractivity contribution is -0.116. The maximum atomic E-state index is 10.8. The summed E-state index contributed by atoms with van der Waals surface area (Å²) in [6, 6.07) is 6.29. The Labute approximate surface area is 107 Å². The van der Waals surface area contributed by atoms with E-state index in [9.17, 15) is 4.79 Å². The molecule has 2 aromatic rings. The van der Waals surface area contributed by atoms with Crippen molar-refractivity contribution in [2.45, 2.75) is 26.7 Å². The van der Waals surface area contributed by atoms with Gasteiger partial charge < -0.3 is 10.3 Å². The predicted octanol–water partition coefficient (Wildman–Crippen LogP) is 1.98. The minimum atomic E-state index is 0.233. The number of ketones is 1. The molecule has 0 amide bonds. The minimum Gasteiger partial charge on any atom is -0.342 e. The third kappa shape index (κ3) is 3.40. The molecule has 1 heterocycles. The first-order valence-electron chi connectivity index (χ1n) is 6.30. The average molecular weight is 245 g/mol. The monoisotopic (exact) mass is 245 g/mol. The van der Waals surface area contributed by atoms with Crippen LogP contribution in [0.15, 0.2) is 18.2 Å². The second-order valence-electron chi connectivity index (χ2n) is 4.63. The fraction of sp³-hybridized carbons (Fsp3) is 0.429. The number of nitrogens with zero attached hydrogens (tertiary/aromatic N) is 1. The molecule has 0 saturated heterocycles. The van der Waals surface area contributed by atoms with Crippen LogP contribution in [0, 0.1) is 6.92 Å². The first-order valence-corrected chi connectivity index (χ1v) is 6.30. The van der Waals surface area contributed by atoms with E-state index in [1.807, 2.05) is 13.0 Å². The number of hydrogen-bond donors (Lipinski definition) is 2. The zero-order chi connectivity index (χ0) is 13.0. The van der Waals surface area contributed by atoms with E-state index in [1.54, 1.807) is 6.92 Å². The van der Waals surface area contributed by atoms with Crippen LogP contribution in [0.2, 0.25) is 0 Å². The van der Waals surface area contributed by atoms with E-state index < -0.39 is 0 Å². The lowest BCUT2D eigenvalue weighted by atomic mass is 10.1. The van der Waals surface area contributed by atoms with Crippen LogP contribution in [0.3, 0.4) is 0 Å². The van der Waals surface area contributed by atoms with Crippen LogP contribution >= 0.6 is 0 Å². The Bertz CT molecular complexity index is 545. The van der Waals surface area contributed by atoms with Crippen molar-refractivity contribution in [3.05, 3.63) is 29.6 Å². The maximum absolute atomic E-state index is 10.8. The topological polar surface area (TPSA) is 57.8 Å². The highest BCUT2D eigenvalue weighted by Crippen LogP contribution is 2.13. The molecular weight excluding hydrogens is 226 g/mol. The third-order valence-corrected chi connectivity index (χ3v) is 2.91. The zero-order valence-corrected chi connectivity index (χ0v) is 10.9. The van der Waals surface area contributed by atoms with Crippen molar-refractivity contribution in [3.8, 4) is 0 Å². The summed E-state index contributed by atoms with van der Waals surface area (Å²) in [6.45, 7) is 5.24. The highest BCUT2D eigenvalue weighted by Gasteiger charge is 2.01. The molecular formula is C14H19N3O. The van der Waals surface area contributed by atoms with Gasteiger partial charge in [-0.1, -0.05) is 6.07 Å². The second kappa shape index (κ2) is 5.78. The van der Waals surface area contributed by atoms with Crippen LogP contribution in [-0.2, 0) is 11.2 Å². The van der Waals surface area contributed by atoms with E-state index in [4.69, 9.17) is 0 Å². The molecule has 4 heteroatoms. The van der Waals surface area contributed by atoms with E-state index in [2.05, 4.69) is 27.4 Å². The lowest BCUT2D eigenvalue weighted by Crippen LogP contribution is -2.20. The lowest BCUT2D eigenvalue weighted by Gasteiger charge is -2.03. The maximum Gasteiger partial charge on any atom is 0.131 e. The number of Topliss-reactive ketones (excluding diaryl/α,β-unsaturated/α-hetero) is 1. The van der Waals surface area contributed by atoms with Crippen molar-refractivity contribution >= 4 is 16.8 Å². The smallest absolute Gasteiger partial charge is 0.131 e. The quantitative estimate of drug-likeness (QED) is 0.765. The number of rotatable bonds is 6. The number of nitrogens with one attached hydrogen (secondary N) is 2. The average Bonchev–Trinajstić information content (AvgIpc) is 2.67. The van der Waals surface area contributed by atoms with Gasteiger partial charge in [-0.15, -0.1) is 0 Å². The first kappa shape index (κ1) is 12.8. The Morgan fingerprint density at radius 2 is 2.22 bits per heavy atom. The molecule has 0 aliphatic carbocycles. The molecule has 0 bridgehead atoms. The van der Waals surface area contributed by atoms with Crippen molar-refractivity contribution in [3.63, 3.8) is 0 Å². The molecule has 18 heavy (non-hydrogen) atoms. The fourth-order valence-electron chi connectivity index (χ4n) is 1.96. The van der Waals surface area contributed by atoms with Crippen molar-refractivity contribution in [1.29, 1.82) is 0 Å². The summed E-state index contributed by atoms with van der Waals surface area (Å²) in [7, 11) is 0. The first-order chi connectivity index (χ1) is 8.65. The van der Waals surface area contributed by atoms with E-state index in [0.29, 0.717) is 6.42 Å². The Balaban J connectivity index is 1.86. The van der Waals surface area contributed by atoms with E-state index in [-0.39, 0.29) is 5.78 Å². The zero-order valence-electron chi connectivity index (χ0n) is 10.9. The van der Waals surface area contributed by atoms with Gasteiger partial charge in [-0.05, 0) is 44.5 Å². The predicted molar refractivity (Wildman–Crippen MR) is 72.7 cm³/mol. The standard InChI is InChI=1S/C14H19N3O/c1-10(18)5-7-15-8-6-12-3-4-13-14(9-12)17-11(2)16-13/h3-4,9,15H,5-8H2,1-2H3,(H,16,17). The number of hydrogen-bond acceptors (Lipinski definition) is 3. The summed E-state index contributed by atoms with van der Waals surface area (Å²) in [5.74, 6) is 1.18. The van der Waals surface area contributed by atoms with Crippen LogP contribution in [-0.4, -0.2) is 28.8 Å². The van der Waals surface area contributed by atoms with E-state index in [1.165, 1.54) is 5.56 Å². The van der Waals surface area contributed by atoms with Crippen LogP contribution in [0.5, 0.6) is 0 Å². The summed E-state index contributed by atoms with van der Waals surface area (Å²) in [6.07, 6.45) is 1.57. The van der Waals surface area contributed by atoms with Crippen LogP contribution in [0.4, 0.5) is 0 Å². The van der Waals surface area contributed by atoms with Gasteiger partial charge in [0.1, 0.15) is 11.6 Å². The summed E-state index contributed by atoms with van der Waals surface area (Å²) >= 11 is 0. The molecule has 96 valence electrons. The van der Waals surface area contributed by atoms with Crippen molar-refractivity contribution < 1.29 is 4.79 Å². The highest BCUT2D eigenvalue weighted by molar-refractivity contribution is 5.76. The molecule has 0 aliphatic rings. The number of fused-ring (bicyclic) bond motifs is 1. The molecule has 1 aromatic carbocycles. The van der Waals surface area contributed by atoms with Gasteiger partial charge in [0.05, 0.1) is 11.0 Å². The van der Waals surface area contributed by atoms with Gasteiger partial charge in [-0.25, -0.2) is 4.98 Å². The van der Waals surface area contributed by atoms with Crippen molar-refractivity contribution in [2.24, 2.45) is 0 Å². The summed E-state index contributed by atoms with van der Waals surface area (Å²) in [4.78, 5) is 18.4. The molecule has 2 rings (SSSR count). The normalized spacial score (nSPS) is 11.0. The number of carbonyl (C=O) groups is 1. The molecule has 0 aliphatic heterocycles. The number of imidazole rings is 1. The minimum absolute atomic E-state index is 0.233. The molecule has 0 spiro atoms. The molecule has 0 unspecified atom stereocenters. The number of carbonyl (C=O) groups excluding carboxylic acids is 1. The van der Waals surface area contributed by atoms with Gasteiger partial charge in [-0.2, -0.15) is 0 Å². The van der Waals surface area contributed by atoms with Gasteiger partial charge >= 0.3 is 0 Å². The Hall–Kier alpha value is -1.68. The van der Waals surface area contributed by atoms with Crippen LogP contribution < -0.4 is 5.32 Å². The summed E-state index contributed by atoms with van der Waals surface area (Å²) in [5, 5.41) is 3.27. The molecule has 0 atom stereocenters. The number of aromatic amines is 1. The SMILES string of the molecule is CC(=O)CCNCCc1ccc2nc(C)[nH]c2c1. The van der Waals surface area contributed by atoms with Crippen molar-refractivity contribution in [2.75, 3.05) is 13.1 Å². The largest absolute Gasteiger partial charge is 0.342 e. The number of aromatic nitrogens is 2. The fourth-order valence-corrected chi connectivity index (χ4v) is 1.96. The van der Waals surface area contributed by atoms with Gasteiger partial charge in [0.25, 0.3) is 0 Å².